The van der Waals surface area contributed by atoms with Crippen molar-refractivity contribution in [3.63, 3.8) is 0 Å². The van der Waals surface area contributed by atoms with E-state index in [1.807, 2.05) is 13.8 Å². The van der Waals surface area contributed by atoms with Crippen LogP contribution >= 0.6 is 0 Å². The molecule has 0 aliphatic carbocycles. The number of carbonyl (C=O) groups excluding carboxylic acids is 1. The first-order valence-corrected chi connectivity index (χ1v) is 5.13. The van der Waals surface area contributed by atoms with Gasteiger partial charge in [0.25, 0.3) is 0 Å². The maximum Gasteiger partial charge on any atom is 0.248 e. The molecule has 6 N–H and O–H groups in total. The van der Waals surface area contributed by atoms with E-state index in [-0.39, 0.29) is 24.4 Å². The molecule has 0 spiro atoms. The number of nitrogens with zero attached hydrogens (tertiary/aromatic N) is 3. The van der Waals surface area contributed by atoms with Gasteiger partial charge in [-0.15, -0.1) is 0 Å². The molecule has 8 heteroatoms. The summed E-state index contributed by atoms with van der Waals surface area (Å²) in [4.78, 5) is 22.5. The number of aromatic nitrogens is 3. The van der Waals surface area contributed by atoms with Crippen molar-refractivity contribution in [3.8, 4) is 0 Å². The molecule has 1 heterocycles. The lowest BCUT2D eigenvalue weighted by atomic mass is 10.2. The van der Waals surface area contributed by atoms with E-state index in [4.69, 9.17) is 11.5 Å². The van der Waals surface area contributed by atoms with Crippen molar-refractivity contribution in [2.24, 2.45) is 5.73 Å². The Morgan fingerprint density at radius 3 is 2.59 bits per heavy atom. The van der Waals surface area contributed by atoms with E-state index in [9.17, 15) is 9.90 Å². The summed E-state index contributed by atoms with van der Waals surface area (Å²) in [6.45, 7) is 3.75. The average molecular weight is 240 g/mol. The third-order valence-corrected chi connectivity index (χ3v) is 1.97. The number of carbonyl (C=O) groups is 1. The molecule has 1 rings (SSSR count). The molecular weight excluding hydrogens is 224 g/mol. The Kier molecular flexibility index (Phi) is 4.16. The van der Waals surface area contributed by atoms with Crippen LogP contribution in [0.4, 0.5) is 11.9 Å². The Hall–Kier alpha value is -1.96. The molecular formula is C9H16N6O2. The van der Waals surface area contributed by atoms with E-state index in [0.29, 0.717) is 5.82 Å². The summed E-state index contributed by atoms with van der Waals surface area (Å²) in [6.07, 6.45) is -1.30. The molecule has 0 fully saturated rings. The van der Waals surface area contributed by atoms with Crippen LogP contribution in [0.25, 0.3) is 0 Å². The number of hydrogen-bond acceptors (Lipinski definition) is 7. The van der Waals surface area contributed by atoms with Gasteiger partial charge >= 0.3 is 0 Å². The summed E-state index contributed by atoms with van der Waals surface area (Å²) in [7, 11) is 0. The summed E-state index contributed by atoms with van der Waals surface area (Å²) in [5.41, 5.74) is 10.4. The second-order valence-electron chi connectivity index (χ2n) is 3.83. The van der Waals surface area contributed by atoms with Gasteiger partial charge in [-0.1, -0.05) is 13.8 Å². The van der Waals surface area contributed by atoms with Gasteiger partial charge in [0, 0.05) is 5.92 Å². The highest BCUT2D eigenvalue weighted by Gasteiger charge is 2.12. The Bertz CT molecular complexity index is 408. The molecule has 1 aromatic rings. The molecule has 0 bridgehead atoms. The zero-order valence-electron chi connectivity index (χ0n) is 9.71. The van der Waals surface area contributed by atoms with Crippen molar-refractivity contribution in [2.45, 2.75) is 25.9 Å². The second kappa shape index (κ2) is 5.39. The van der Waals surface area contributed by atoms with Crippen molar-refractivity contribution in [2.75, 3.05) is 17.6 Å². The molecule has 0 aliphatic heterocycles. The fraction of sp³-hybridized carbons (Fsp3) is 0.556. The van der Waals surface area contributed by atoms with Crippen LogP contribution in [0.15, 0.2) is 0 Å². The summed E-state index contributed by atoms with van der Waals surface area (Å²) in [5, 5.41) is 11.9. The molecule has 1 unspecified atom stereocenters. The van der Waals surface area contributed by atoms with E-state index in [2.05, 4.69) is 20.3 Å². The molecule has 0 saturated carbocycles. The molecule has 8 nitrogen and oxygen atoms in total. The van der Waals surface area contributed by atoms with Crippen LogP contribution in [0.2, 0.25) is 0 Å². The number of nitrogens with two attached hydrogens (primary N) is 2. The Morgan fingerprint density at radius 1 is 1.41 bits per heavy atom. The highest BCUT2D eigenvalue weighted by Crippen LogP contribution is 2.11. The molecule has 17 heavy (non-hydrogen) atoms. The van der Waals surface area contributed by atoms with Crippen LogP contribution in [-0.2, 0) is 4.79 Å². The lowest BCUT2D eigenvalue weighted by molar-refractivity contribution is -0.125. The minimum absolute atomic E-state index is 0.0731. The van der Waals surface area contributed by atoms with Crippen LogP contribution in [0.5, 0.6) is 0 Å². The number of nitrogens with one attached hydrogen (secondary N) is 1. The highest BCUT2D eigenvalue weighted by molar-refractivity contribution is 5.79. The van der Waals surface area contributed by atoms with Gasteiger partial charge in [-0.3, -0.25) is 4.79 Å². The fourth-order valence-corrected chi connectivity index (χ4v) is 1.04. The Morgan fingerprint density at radius 2 is 2.06 bits per heavy atom. The zero-order valence-corrected chi connectivity index (χ0v) is 9.71. The van der Waals surface area contributed by atoms with Crippen LogP contribution in [0, 0.1) is 0 Å². The van der Waals surface area contributed by atoms with Gasteiger partial charge < -0.3 is 21.9 Å². The number of amides is 1. The quantitative estimate of drug-likeness (QED) is 0.508. The van der Waals surface area contributed by atoms with E-state index >= 15 is 0 Å². The van der Waals surface area contributed by atoms with Crippen LogP contribution in [0.1, 0.15) is 25.6 Å². The fourth-order valence-electron chi connectivity index (χ4n) is 1.04. The summed E-state index contributed by atoms with van der Waals surface area (Å²) in [5.74, 6) is 0.111. The number of aliphatic hydroxyl groups is 1. The highest BCUT2D eigenvalue weighted by atomic mass is 16.3. The predicted molar refractivity (Wildman–Crippen MR) is 62.0 cm³/mol. The zero-order chi connectivity index (χ0) is 13.0. The number of anilines is 2. The van der Waals surface area contributed by atoms with Gasteiger partial charge in [-0.25, -0.2) is 0 Å². The molecule has 0 aliphatic rings. The standard InChI is InChI=1S/C9H16N6O2/c1-4(2)7-13-8(11)15-9(14-7)12-3-5(16)6(10)17/h4-5,16H,3H2,1-2H3,(H2,10,17)(H3,11,12,13,14,15). The molecule has 0 aromatic carbocycles. The number of primary amides is 1. The SMILES string of the molecule is CC(C)c1nc(N)nc(NCC(O)C(N)=O)n1. The first-order valence-electron chi connectivity index (χ1n) is 5.13. The van der Waals surface area contributed by atoms with Gasteiger partial charge in [0.15, 0.2) is 0 Å². The maximum atomic E-state index is 10.6. The van der Waals surface area contributed by atoms with Crippen molar-refractivity contribution in [3.05, 3.63) is 5.82 Å². The van der Waals surface area contributed by atoms with Crippen molar-refractivity contribution in [1.29, 1.82) is 0 Å². The molecule has 1 amide bonds. The monoisotopic (exact) mass is 240 g/mol. The van der Waals surface area contributed by atoms with Gasteiger partial charge in [0.1, 0.15) is 11.9 Å². The van der Waals surface area contributed by atoms with E-state index < -0.39 is 12.0 Å². The Labute approximate surface area is 98.5 Å². The molecule has 1 atom stereocenters. The minimum Gasteiger partial charge on any atom is -0.381 e. The normalized spacial score (nSPS) is 12.5. The average Bonchev–Trinajstić information content (AvgIpc) is 2.24. The molecule has 0 radical (unpaired) electrons. The third kappa shape index (κ3) is 3.83. The van der Waals surface area contributed by atoms with Crippen molar-refractivity contribution >= 4 is 17.8 Å². The Balaban J connectivity index is 2.74. The summed E-state index contributed by atoms with van der Waals surface area (Å²) in [6, 6.07) is 0. The first-order chi connectivity index (χ1) is 7.90. The summed E-state index contributed by atoms with van der Waals surface area (Å²) >= 11 is 0. The van der Waals surface area contributed by atoms with Crippen LogP contribution in [-0.4, -0.2) is 38.6 Å². The first kappa shape index (κ1) is 13.1. The van der Waals surface area contributed by atoms with Gasteiger partial charge in [0.2, 0.25) is 17.8 Å². The minimum atomic E-state index is -1.30. The smallest absolute Gasteiger partial charge is 0.248 e. The lowest BCUT2D eigenvalue weighted by Gasteiger charge is -2.10. The maximum absolute atomic E-state index is 10.6. The second-order valence-corrected chi connectivity index (χ2v) is 3.83. The van der Waals surface area contributed by atoms with Gasteiger partial charge in [-0.2, -0.15) is 15.0 Å². The molecule has 94 valence electrons. The van der Waals surface area contributed by atoms with E-state index in [1.54, 1.807) is 0 Å². The van der Waals surface area contributed by atoms with Gasteiger partial charge in [-0.05, 0) is 0 Å². The largest absolute Gasteiger partial charge is 0.381 e. The number of hydrogen-bond donors (Lipinski definition) is 4. The van der Waals surface area contributed by atoms with Crippen molar-refractivity contribution in [1.82, 2.24) is 15.0 Å². The van der Waals surface area contributed by atoms with Gasteiger partial charge in [0.05, 0.1) is 6.54 Å². The molecule has 0 saturated heterocycles. The van der Waals surface area contributed by atoms with Crippen LogP contribution in [0.3, 0.4) is 0 Å². The number of rotatable bonds is 5. The summed E-state index contributed by atoms with van der Waals surface area (Å²) < 4.78 is 0. The number of nitrogen functional groups attached to an aromatic ring is 1. The van der Waals surface area contributed by atoms with E-state index in [0.717, 1.165) is 0 Å². The predicted octanol–water partition coefficient (Wildman–Crippen LogP) is -1.16. The van der Waals surface area contributed by atoms with Crippen molar-refractivity contribution < 1.29 is 9.90 Å². The third-order valence-electron chi connectivity index (χ3n) is 1.97. The topological polar surface area (TPSA) is 140 Å². The van der Waals surface area contributed by atoms with Crippen LogP contribution < -0.4 is 16.8 Å². The van der Waals surface area contributed by atoms with E-state index in [1.165, 1.54) is 0 Å². The molecule has 1 aromatic heterocycles. The number of aliphatic hydroxyl groups excluding tert-OH is 1. The lowest BCUT2D eigenvalue weighted by Crippen LogP contribution is -2.34.